The van der Waals surface area contributed by atoms with Gasteiger partial charge in [-0.2, -0.15) is 0 Å². The molecule has 1 fully saturated rings. The van der Waals surface area contributed by atoms with E-state index in [9.17, 15) is 4.79 Å². The summed E-state index contributed by atoms with van der Waals surface area (Å²) in [5, 5.41) is 0. The predicted octanol–water partition coefficient (Wildman–Crippen LogP) is 2.45. The highest BCUT2D eigenvalue weighted by atomic mass is 16.5. The van der Waals surface area contributed by atoms with E-state index in [1.54, 1.807) is 0 Å². The Morgan fingerprint density at radius 1 is 1.44 bits per heavy atom. The van der Waals surface area contributed by atoms with Crippen LogP contribution in [0.5, 0.6) is 0 Å². The van der Waals surface area contributed by atoms with Gasteiger partial charge in [0.25, 0.3) is 0 Å². The summed E-state index contributed by atoms with van der Waals surface area (Å²) < 4.78 is 4.92. The molecule has 0 N–H and O–H groups in total. The molecule has 1 aliphatic rings. The highest BCUT2D eigenvalue weighted by Gasteiger charge is 2.17. The summed E-state index contributed by atoms with van der Waals surface area (Å²) in [7, 11) is 0. The van der Waals surface area contributed by atoms with Crippen molar-refractivity contribution >= 4 is 5.97 Å². The summed E-state index contributed by atoms with van der Waals surface area (Å²) in [5.41, 5.74) is 0. The van der Waals surface area contributed by atoms with Gasteiger partial charge in [0.05, 0.1) is 6.61 Å². The summed E-state index contributed by atoms with van der Waals surface area (Å²) >= 11 is 0. The molecule has 0 aromatic rings. The molecule has 1 atom stereocenters. The van der Waals surface area contributed by atoms with Gasteiger partial charge >= 0.3 is 5.97 Å². The van der Waals surface area contributed by atoms with E-state index in [-0.39, 0.29) is 5.97 Å². The molecule has 0 aliphatic carbocycles. The van der Waals surface area contributed by atoms with Gasteiger partial charge in [-0.3, -0.25) is 4.79 Å². The number of unbranched alkanes of at least 4 members (excludes halogenated alkanes) is 1. The van der Waals surface area contributed by atoms with Crippen molar-refractivity contribution in [1.29, 1.82) is 0 Å². The zero-order valence-electron chi connectivity index (χ0n) is 10.7. The summed E-state index contributed by atoms with van der Waals surface area (Å²) in [6.07, 6.45) is 6.20. The van der Waals surface area contributed by atoms with E-state index in [0.29, 0.717) is 6.61 Å². The number of nitrogens with zero attached hydrogens (tertiary/aromatic N) is 1. The molecule has 0 saturated carbocycles. The molecule has 1 heterocycles. The Morgan fingerprint density at radius 3 is 2.94 bits per heavy atom. The topological polar surface area (TPSA) is 29.5 Å². The lowest BCUT2D eigenvalue weighted by Gasteiger charge is -2.32. The Labute approximate surface area is 99.1 Å². The van der Waals surface area contributed by atoms with Crippen LogP contribution in [0.1, 0.15) is 46.0 Å². The molecule has 3 heteroatoms. The molecule has 1 saturated heterocycles. The molecule has 0 spiro atoms. The van der Waals surface area contributed by atoms with Crippen LogP contribution >= 0.6 is 0 Å². The molecule has 0 aromatic heterocycles. The van der Waals surface area contributed by atoms with Crippen molar-refractivity contribution in [3.8, 4) is 0 Å². The number of rotatable bonds is 6. The number of likely N-dealkylation sites (tertiary alicyclic amines) is 1. The summed E-state index contributed by atoms with van der Waals surface area (Å²) in [6, 6.07) is 0. The van der Waals surface area contributed by atoms with E-state index in [1.807, 2.05) is 0 Å². The van der Waals surface area contributed by atoms with E-state index in [0.717, 1.165) is 25.3 Å². The molecular formula is C13H25NO2. The second-order valence-electron chi connectivity index (χ2n) is 4.76. The Hall–Kier alpha value is -0.570. The quantitative estimate of drug-likeness (QED) is 0.515. The second-order valence-corrected chi connectivity index (χ2v) is 4.76. The molecule has 3 nitrogen and oxygen atoms in total. The number of ether oxygens (including phenoxy) is 1. The minimum Gasteiger partial charge on any atom is -0.466 e. The van der Waals surface area contributed by atoms with Gasteiger partial charge in [-0.25, -0.2) is 0 Å². The van der Waals surface area contributed by atoms with Gasteiger partial charge in [-0.15, -0.1) is 0 Å². The van der Waals surface area contributed by atoms with E-state index >= 15 is 0 Å². The first kappa shape index (κ1) is 13.5. The van der Waals surface area contributed by atoms with Crippen LogP contribution in [-0.4, -0.2) is 37.1 Å². The normalized spacial score (nSPS) is 22.0. The van der Waals surface area contributed by atoms with Crippen LogP contribution < -0.4 is 0 Å². The van der Waals surface area contributed by atoms with E-state index in [2.05, 4.69) is 11.8 Å². The summed E-state index contributed by atoms with van der Waals surface area (Å²) in [5.74, 6) is 0.742. The Kier molecular flexibility index (Phi) is 6.46. The fourth-order valence-electron chi connectivity index (χ4n) is 2.34. The zero-order valence-corrected chi connectivity index (χ0v) is 10.7. The maximum Gasteiger partial charge on any atom is 0.302 e. The third-order valence-electron chi connectivity index (χ3n) is 3.35. The number of esters is 1. The maximum absolute atomic E-state index is 10.6. The van der Waals surface area contributed by atoms with Gasteiger partial charge in [0.1, 0.15) is 0 Å². The fourth-order valence-corrected chi connectivity index (χ4v) is 2.34. The third kappa shape index (κ3) is 5.50. The molecule has 0 radical (unpaired) electrons. The zero-order chi connectivity index (χ0) is 11.8. The van der Waals surface area contributed by atoms with Crippen LogP contribution in [0.2, 0.25) is 0 Å². The standard InChI is InChI=1S/C13H25NO2/c1-3-13-7-6-9-14(11-13)8-4-5-10-16-12(2)15/h13H,3-11H2,1-2H3. The first-order valence-electron chi connectivity index (χ1n) is 6.58. The fraction of sp³-hybridized carbons (Fsp3) is 0.923. The third-order valence-corrected chi connectivity index (χ3v) is 3.35. The predicted molar refractivity (Wildman–Crippen MR) is 65.3 cm³/mol. The number of carbonyl (C=O) groups is 1. The Balaban J connectivity index is 2.01. The van der Waals surface area contributed by atoms with Crippen molar-refractivity contribution in [2.45, 2.75) is 46.0 Å². The van der Waals surface area contributed by atoms with Crippen molar-refractivity contribution in [2.24, 2.45) is 5.92 Å². The highest BCUT2D eigenvalue weighted by Crippen LogP contribution is 2.19. The highest BCUT2D eigenvalue weighted by molar-refractivity contribution is 5.65. The smallest absolute Gasteiger partial charge is 0.302 e. The minimum absolute atomic E-state index is 0.163. The van der Waals surface area contributed by atoms with Crippen LogP contribution in [0.4, 0.5) is 0 Å². The van der Waals surface area contributed by atoms with Gasteiger partial charge in [0, 0.05) is 13.5 Å². The Bertz CT molecular complexity index is 206. The number of piperidine rings is 1. The first-order chi connectivity index (χ1) is 7.72. The number of hydrogen-bond donors (Lipinski definition) is 0. The van der Waals surface area contributed by atoms with E-state index in [1.165, 1.54) is 39.3 Å². The largest absolute Gasteiger partial charge is 0.466 e. The molecule has 1 rings (SSSR count). The van der Waals surface area contributed by atoms with Crippen LogP contribution in [0, 0.1) is 5.92 Å². The van der Waals surface area contributed by atoms with Crippen LogP contribution in [0.3, 0.4) is 0 Å². The lowest BCUT2D eigenvalue weighted by Crippen LogP contribution is -2.35. The van der Waals surface area contributed by atoms with Crippen molar-refractivity contribution in [1.82, 2.24) is 4.90 Å². The van der Waals surface area contributed by atoms with Gasteiger partial charge in [-0.05, 0) is 44.7 Å². The van der Waals surface area contributed by atoms with Crippen molar-refractivity contribution in [3.05, 3.63) is 0 Å². The van der Waals surface area contributed by atoms with Crippen molar-refractivity contribution < 1.29 is 9.53 Å². The number of carbonyl (C=O) groups excluding carboxylic acids is 1. The SMILES string of the molecule is CCC1CCCN(CCCCOC(C)=O)C1. The van der Waals surface area contributed by atoms with E-state index in [4.69, 9.17) is 4.74 Å². The molecule has 94 valence electrons. The lowest BCUT2D eigenvalue weighted by molar-refractivity contribution is -0.141. The first-order valence-corrected chi connectivity index (χ1v) is 6.58. The van der Waals surface area contributed by atoms with Gasteiger partial charge in [-0.1, -0.05) is 13.3 Å². The van der Waals surface area contributed by atoms with Gasteiger partial charge < -0.3 is 9.64 Å². The number of hydrogen-bond acceptors (Lipinski definition) is 3. The summed E-state index contributed by atoms with van der Waals surface area (Å²) in [4.78, 5) is 13.1. The summed E-state index contributed by atoms with van der Waals surface area (Å²) in [6.45, 7) is 8.03. The molecule has 0 aromatic carbocycles. The molecule has 16 heavy (non-hydrogen) atoms. The average Bonchev–Trinajstić information content (AvgIpc) is 2.28. The molecule has 0 amide bonds. The molecule has 1 aliphatic heterocycles. The Morgan fingerprint density at radius 2 is 2.25 bits per heavy atom. The monoisotopic (exact) mass is 227 g/mol. The lowest BCUT2D eigenvalue weighted by atomic mass is 9.95. The maximum atomic E-state index is 10.6. The van der Waals surface area contributed by atoms with E-state index < -0.39 is 0 Å². The molecule has 0 bridgehead atoms. The van der Waals surface area contributed by atoms with Crippen LogP contribution in [0.15, 0.2) is 0 Å². The minimum atomic E-state index is -0.163. The van der Waals surface area contributed by atoms with Gasteiger partial charge in [0.15, 0.2) is 0 Å². The molecule has 1 unspecified atom stereocenters. The average molecular weight is 227 g/mol. The van der Waals surface area contributed by atoms with Crippen molar-refractivity contribution in [2.75, 3.05) is 26.2 Å². The van der Waals surface area contributed by atoms with Crippen LogP contribution in [-0.2, 0) is 9.53 Å². The van der Waals surface area contributed by atoms with Crippen LogP contribution in [0.25, 0.3) is 0 Å². The molecular weight excluding hydrogens is 202 g/mol. The van der Waals surface area contributed by atoms with Crippen molar-refractivity contribution in [3.63, 3.8) is 0 Å². The second kappa shape index (κ2) is 7.66. The van der Waals surface area contributed by atoms with Gasteiger partial charge in [0.2, 0.25) is 0 Å².